The van der Waals surface area contributed by atoms with Crippen molar-refractivity contribution in [1.29, 1.82) is 0 Å². The minimum absolute atomic E-state index is 1.14. The Morgan fingerprint density at radius 3 is 2.93 bits per heavy atom. The number of nitrogens with zero attached hydrogens (tertiary/aromatic N) is 1. The number of thiophene rings is 1. The highest BCUT2D eigenvalue weighted by Gasteiger charge is 2.16. The molecule has 2 aromatic heterocycles. The molecule has 0 N–H and O–H groups in total. The standard InChI is InChI=1S/C13H13NS/c1-2-7-13-10(5-1)11(9-15-13)12-6-3-4-8-14-12/h3-4,6,8-9H,1-2,5,7H2. The summed E-state index contributed by atoms with van der Waals surface area (Å²) in [6.07, 6.45) is 7.08. The highest BCUT2D eigenvalue weighted by Crippen LogP contribution is 2.35. The van der Waals surface area contributed by atoms with Crippen LogP contribution in [-0.2, 0) is 12.8 Å². The van der Waals surface area contributed by atoms with Crippen LogP contribution in [0, 0.1) is 0 Å². The van der Waals surface area contributed by atoms with E-state index >= 15 is 0 Å². The van der Waals surface area contributed by atoms with Crippen molar-refractivity contribution in [2.45, 2.75) is 25.7 Å². The van der Waals surface area contributed by atoms with Crippen molar-refractivity contribution >= 4 is 11.3 Å². The first kappa shape index (κ1) is 9.10. The van der Waals surface area contributed by atoms with Crippen molar-refractivity contribution < 1.29 is 0 Å². The molecule has 0 atom stereocenters. The average molecular weight is 215 g/mol. The molecule has 1 nitrogen and oxygen atoms in total. The van der Waals surface area contributed by atoms with Crippen LogP contribution in [0.2, 0.25) is 0 Å². The van der Waals surface area contributed by atoms with Crippen LogP contribution in [-0.4, -0.2) is 4.98 Å². The van der Waals surface area contributed by atoms with E-state index in [1.807, 2.05) is 23.6 Å². The zero-order valence-electron chi connectivity index (χ0n) is 8.57. The maximum Gasteiger partial charge on any atom is 0.0713 e. The third-order valence-corrected chi connectivity index (χ3v) is 4.09. The molecule has 1 aliphatic rings. The van der Waals surface area contributed by atoms with Crippen LogP contribution in [0.25, 0.3) is 11.3 Å². The molecule has 2 aromatic rings. The Bertz CT molecular complexity index is 459. The van der Waals surface area contributed by atoms with Crippen LogP contribution in [0.1, 0.15) is 23.3 Å². The minimum atomic E-state index is 1.14. The maximum atomic E-state index is 4.44. The topological polar surface area (TPSA) is 12.9 Å². The fraction of sp³-hybridized carbons (Fsp3) is 0.308. The van der Waals surface area contributed by atoms with E-state index in [1.165, 1.54) is 31.2 Å². The normalized spacial score (nSPS) is 14.9. The lowest BCUT2D eigenvalue weighted by molar-refractivity contribution is 0.698. The number of hydrogen-bond acceptors (Lipinski definition) is 2. The fourth-order valence-corrected chi connectivity index (χ4v) is 3.37. The van der Waals surface area contributed by atoms with Crippen LogP contribution < -0.4 is 0 Å². The summed E-state index contributed by atoms with van der Waals surface area (Å²) in [5.41, 5.74) is 4.07. The molecule has 0 saturated heterocycles. The Hall–Kier alpha value is -1.15. The SMILES string of the molecule is c1ccc(-c2csc3c2CCCC3)nc1. The molecule has 0 bridgehead atoms. The quantitative estimate of drug-likeness (QED) is 0.707. The molecule has 0 amide bonds. The van der Waals surface area contributed by atoms with Gasteiger partial charge in [-0.1, -0.05) is 6.07 Å². The molecule has 0 radical (unpaired) electrons. The van der Waals surface area contributed by atoms with Gasteiger partial charge in [0.15, 0.2) is 0 Å². The van der Waals surface area contributed by atoms with E-state index in [1.54, 1.807) is 10.4 Å². The van der Waals surface area contributed by atoms with E-state index < -0.39 is 0 Å². The summed E-state index contributed by atoms with van der Waals surface area (Å²) in [6, 6.07) is 6.15. The van der Waals surface area contributed by atoms with Gasteiger partial charge in [-0.25, -0.2) is 0 Å². The molecule has 2 heteroatoms. The molecule has 0 aliphatic heterocycles. The zero-order chi connectivity index (χ0) is 10.1. The number of fused-ring (bicyclic) bond motifs is 1. The summed E-state index contributed by atoms with van der Waals surface area (Å²) in [5.74, 6) is 0. The van der Waals surface area contributed by atoms with Gasteiger partial charge in [0, 0.05) is 22.0 Å². The second kappa shape index (κ2) is 3.78. The van der Waals surface area contributed by atoms with Crippen LogP contribution in [0.4, 0.5) is 0 Å². The molecular formula is C13H13NS. The van der Waals surface area contributed by atoms with E-state index in [-0.39, 0.29) is 0 Å². The predicted octanol–water partition coefficient (Wildman–Crippen LogP) is 3.69. The zero-order valence-corrected chi connectivity index (χ0v) is 9.39. The first-order valence-corrected chi connectivity index (χ1v) is 6.34. The van der Waals surface area contributed by atoms with Crippen molar-refractivity contribution in [2.75, 3.05) is 0 Å². The Kier molecular flexibility index (Phi) is 2.29. The summed E-state index contributed by atoms with van der Waals surface area (Å²) < 4.78 is 0. The van der Waals surface area contributed by atoms with Crippen LogP contribution in [0.15, 0.2) is 29.8 Å². The van der Waals surface area contributed by atoms with Gasteiger partial charge in [0.25, 0.3) is 0 Å². The van der Waals surface area contributed by atoms with E-state index in [0.717, 1.165) is 5.69 Å². The monoisotopic (exact) mass is 215 g/mol. The van der Waals surface area contributed by atoms with E-state index in [4.69, 9.17) is 0 Å². The largest absolute Gasteiger partial charge is 0.256 e. The first-order chi connectivity index (χ1) is 7.45. The molecule has 0 spiro atoms. The fourth-order valence-electron chi connectivity index (χ4n) is 2.23. The number of aryl methyl sites for hydroxylation is 1. The van der Waals surface area contributed by atoms with E-state index in [0.29, 0.717) is 0 Å². The number of hydrogen-bond donors (Lipinski definition) is 0. The van der Waals surface area contributed by atoms with Crippen molar-refractivity contribution in [3.8, 4) is 11.3 Å². The average Bonchev–Trinajstić information content (AvgIpc) is 2.74. The summed E-state index contributed by atoms with van der Waals surface area (Å²) in [5, 5.41) is 2.28. The lowest BCUT2D eigenvalue weighted by atomic mass is 9.94. The molecule has 2 heterocycles. The van der Waals surface area contributed by atoms with Gasteiger partial charge in [0.2, 0.25) is 0 Å². The van der Waals surface area contributed by atoms with Crippen molar-refractivity contribution in [1.82, 2.24) is 4.98 Å². The highest BCUT2D eigenvalue weighted by molar-refractivity contribution is 7.10. The molecule has 1 aliphatic carbocycles. The molecule has 3 rings (SSSR count). The van der Waals surface area contributed by atoms with Gasteiger partial charge >= 0.3 is 0 Å². The molecule has 15 heavy (non-hydrogen) atoms. The predicted molar refractivity (Wildman–Crippen MR) is 64.2 cm³/mol. The second-order valence-electron chi connectivity index (χ2n) is 3.97. The Balaban J connectivity index is 2.09. The van der Waals surface area contributed by atoms with Crippen molar-refractivity contribution in [3.63, 3.8) is 0 Å². The second-order valence-corrected chi connectivity index (χ2v) is 4.94. The van der Waals surface area contributed by atoms with Crippen molar-refractivity contribution in [3.05, 3.63) is 40.2 Å². The van der Waals surface area contributed by atoms with Gasteiger partial charge in [0.1, 0.15) is 0 Å². The smallest absolute Gasteiger partial charge is 0.0713 e. The third-order valence-electron chi connectivity index (χ3n) is 3.00. The summed E-state index contributed by atoms with van der Waals surface area (Å²) in [4.78, 5) is 6.02. The molecule has 0 aromatic carbocycles. The lowest BCUT2D eigenvalue weighted by Gasteiger charge is -2.12. The molecule has 0 unspecified atom stereocenters. The molecular weight excluding hydrogens is 202 g/mol. The van der Waals surface area contributed by atoms with Crippen molar-refractivity contribution in [2.24, 2.45) is 0 Å². The van der Waals surface area contributed by atoms with Gasteiger partial charge in [-0.05, 0) is 43.4 Å². The Morgan fingerprint density at radius 1 is 1.13 bits per heavy atom. The third kappa shape index (κ3) is 1.59. The number of pyridine rings is 1. The number of aromatic nitrogens is 1. The lowest BCUT2D eigenvalue weighted by Crippen LogP contribution is -1.99. The van der Waals surface area contributed by atoms with Gasteiger partial charge in [-0.3, -0.25) is 4.98 Å². The summed E-state index contributed by atoms with van der Waals surface area (Å²) in [6.45, 7) is 0. The minimum Gasteiger partial charge on any atom is -0.256 e. The first-order valence-electron chi connectivity index (χ1n) is 5.46. The Labute approximate surface area is 93.8 Å². The van der Waals surface area contributed by atoms with Crippen LogP contribution in [0.5, 0.6) is 0 Å². The number of rotatable bonds is 1. The maximum absolute atomic E-state index is 4.44. The summed E-state index contributed by atoms with van der Waals surface area (Å²) in [7, 11) is 0. The van der Waals surface area contributed by atoms with Gasteiger partial charge in [-0.2, -0.15) is 0 Å². The summed E-state index contributed by atoms with van der Waals surface area (Å²) >= 11 is 1.91. The Morgan fingerprint density at radius 2 is 2.07 bits per heavy atom. The van der Waals surface area contributed by atoms with Gasteiger partial charge in [-0.15, -0.1) is 11.3 Å². The molecule has 76 valence electrons. The van der Waals surface area contributed by atoms with Gasteiger partial charge < -0.3 is 0 Å². The van der Waals surface area contributed by atoms with E-state index in [9.17, 15) is 0 Å². The highest BCUT2D eigenvalue weighted by atomic mass is 32.1. The van der Waals surface area contributed by atoms with Crippen LogP contribution in [0.3, 0.4) is 0 Å². The van der Waals surface area contributed by atoms with Gasteiger partial charge in [0.05, 0.1) is 5.69 Å². The molecule has 0 saturated carbocycles. The molecule has 0 fully saturated rings. The van der Waals surface area contributed by atoms with Crippen LogP contribution >= 0.6 is 11.3 Å². The van der Waals surface area contributed by atoms with E-state index in [2.05, 4.69) is 22.5 Å².